The number of hydrogen-bond acceptors (Lipinski definition) is 7. The summed E-state index contributed by atoms with van der Waals surface area (Å²) < 4.78 is 1.99. The molecule has 0 aromatic carbocycles. The lowest BCUT2D eigenvalue weighted by Crippen LogP contribution is -2.09. The number of nitrogens with zero attached hydrogens (tertiary/aromatic N) is 5. The van der Waals surface area contributed by atoms with E-state index in [1.807, 2.05) is 28.3 Å². The van der Waals surface area contributed by atoms with Gasteiger partial charge in [0.05, 0.1) is 5.69 Å². The summed E-state index contributed by atoms with van der Waals surface area (Å²) in [6.07, 6.45) is 6.40. The third-order valence-corrected chi connectivity index (χ3v) is 4.57. The SMILES string of the molecule is CCCNc1nc(NCc2cccnc2)nc2c1ncn2-c1ccsc1. The monoisotopic (exact) mass is 365 g/mol. The maximum Gasteiger partial charge on any atom is 0.227 e. The van der Waals surface area contributed by atoms with Crippen LogP contribution in [-0.2, 0) is 6.54 Å². The second kappa shape index (κ2) is 7.49. The van der Waals surface area contributed by atoms with Crippen molar-refractivity contribution in [3.05, 3.63) is 53.2 Å². The molecule has 0 atom stereocenters. The molecule has 0 amide bonds. The standard InChI is InChI=1S/C18H19N7S/c1-2-6-20-16-15-17(25(12-22-15)14-5-8-26-11-14)24-18(23-16)21-10-13-4-3-7-19-9-13/h3-5,7-9,11-12H,2,6,10H2,1H3,(H2,20,21,23,24). The largest absolute Gasteiger partial charge is 0.368 e. The lowest BCUT2D eigenvalue weighted by Gasteiger charge is -2.10. The molecule has 8 heteroatoms. The number of rotatable bonds is 7. The maximum absolute atomic E-state index is 4.70. The van der Waals surface area contributed by atoms with E-state index in [0.29, 0.717) is 12.5 Å². The van der Waals surface area contributed by atoms with Gasteiger partial charge in [-0.2, -0.15) is 21.3 Å². The van der Waals surface area contributed by atoms with Crippen molar-refractivity contribution in [2.45, 2.75) is 19.9 Å². The second-order valence-corrected chi connectivity index (χ2v) is 6.59. The van der Waals surface area contributed by atoms with Gasteiger partial charge in [-0.05, 0) is 29.5 Å². The van der Waals surface area contributed by atoms with E-state index in [-0.39, 0.29) is 0 Å². The Labute approximate surface area is 155 Å². The van der Waals surface area contributed by atoms with Crippen LogP contribution in [0.5, 0.6) is 0 Å². The van der Waals surface area contributed by atoms with Crippen molar-refractivity contribution in [3.8, 4) is 5.69 Å². The molecule has 0 aliphatic rings. The number of pyridine rings is 1. The van der Waals surface area contributed by atoms with Crippen molar-refractivity contribution in [1.29, 1.82) is 0 Å². The average molecular weight is 365 g/mol. The van der Waals surface area contributed by atoms with Crippen LogP contribution in [0.4, 0.5) is 11.8 Å². The fraction of sp³-hybridized carbons (Fsp3) is 0.222. The van der Waals surface area contributed by atoms with Crippen LogP contribution in [0.15, 0.2) is 47.7 Å². The minimum absolute atomic E-state index is 0.567. The highest BCUT2D eigenvalue weighted by Gasteiger charge is 2.14. The molecule has 2 N–H and O–H groups in total. The first-order valence-electron chi connectivity index (χ1n) is 8.49. The number of anilines is 2. The van der Waals surface area contributed by atoms with Gasteiger partial charge in [0.25, 0.3) is 0 Å². The third kappa shape index (κ3) is 3.36. The Balaban J connectivity index is 1.71. The number of nitrogens with one attached hydrogen (secondary N) is 2. The van der Waals surface area contributed by atoms with Crippen molar-refractivity contribution >= 4 is 34.3 Å². The fourth-order valence-electron chi connectivity index (χ4n) is 2.61. The van der Waals surface area contributed by atoms with E-state index in [9.17, 15) is 0 Å². The molecule has 0 radical (unpaired) electrons. The lowest BCUT2D eigenvalue weighted by molar-refractivity contribution is 0.964. The van der Waals surface area contributed by atoms with E-state index >= 15 is 0 Å². The topological polar surface area (TPSA) is 80.6 Å². The first kappa shape index (κ1) is 16.5. The van der Waals surface area contributed by atoms with Crippen LogP contribution < -0.4 is 10.6 Å². The Morgan fingerprint density at radius 2 is 2.15 bits per heavy atom. The van der Waals surface area contributed by atoms with Crippen molar-refractivity contribution < 1.29 is 0 Å². The molecular formula is C18H19N7S. The molecule has 0 saturated heterocycles. The predicted molar refractivity (Wildman–Crippen MR) is 105 cm³/mol. The Morgan fingerprint density at radius 1 is 1.19 bits per heavy atom. The molecule has 4 rings (SSSR count). The maximum atomic E-state index is 4.70. The van der Waals surface area contributed by atoms with Crippen molar-refractivity contribution in [2.75, 3.05) is 17.2 Å². The average Bonchev–Trinajstić information content (AvgIpc) is 3.34. The van der Waals surface area contributed by atoms with Crippen LogP contribution >= 0.6 is 11.3 Å². The van der Waals surface area contributed by atoms with Gasteiger partial charge in [0.1, 0.15) is 6.33 Å². The van der Waals surface area contributed by atoms with Gasteiger partial charge in [-0.25, -0.2) is 4.98 Å². The highest BCUT2D eigenvalue weighted by Crippen LogP contribution is 2.24. The Bertz CT molecular complexity index is 980. The van der Waals surface area contributed by atoms with Gasteiger partial charge in [-0.1, -0.05) is 13.0 Å². The van der Waals surface area contributed by atoms with Gasteiger partial charge in [-0.3, -0.25) is 9.55 Å². The zero-order chi connectivity index (χ0) is 17.8. The van der Waals surface area contributed by atoms with E-state index < -0.39 is 0 Å². The van der Waals surface area contributed by atoms with Gasteiger partial charge in [0.2, 0.25) is 5.95 Å². The van der Waals surface area contributed by atoms with Gasteiger partial charge < -0.3 is 10.6 Å². The number of imidazole rings is 1. The molecule has 4 heterocycles. The molecule has 7 nitrogen and oxygen atoms in total. The highest BCUT2D eigenvalue weighted by atomic mass is 32.1. The molecule has 0 fully saturated rings. The van der Waals surface area contributed by atoms with Gasteiger partial charge >= 0.3 is 0 Å². The molecular weight excluding hydrogens is 346 g/mol. The first-order valence-corrected chi connectivity index (χ1v) is 9.43. The van der Waals surface area contributed by atoms with Crippen molar-refractivity contribution in [1.82, 2.24) is 24.5 Å². The van der Waals surface area contributed by atoms with Crippen LogP contribution in [0.25, 0.3) is 16.9 Å². The second-order valence-electron chi connectivity index (χ2n) is 5.81. The zero-order valence-corrected chi connectivity index (χ0v) is 15.2. The Hall–Kier alpha value is -3.00. The molecule has 26 heavy (non-hydrogen) atoms. The summed E-state index contributed by atoms with van der Waals surface area (Å²) in [6.45, 7) is 3.57. The summed E-state index contributed by atoms with van der Waals surface area (Å²) >= 11 is 1.65. The molecule has 0 unspecified atom stereocenters. The summed E-state index contributed by atoms with van der Waals surface area (Å²) in [4.78, 5) is 18.0. The molecule has 0 bridgehead atoms. The van der Waals surface area contributed by atoms with E-state index in [2.05, 4.69) is 44.0 Å². The normalized spacial score (nSPS) is 11.0. The molecule has 4 aromatic heterocycles. The predicted octanol–water partition coefficient (Wildman–Crippen LogP) is 3.71. The molecule has 0 aliphatic heterocycles. The Kier molecular flexibility index (Phi) is 4.74. The van der Waals surface area contributed by atoms with Gasteiger partial charge in [0.15, 0.2) is 17.0 Å². The smallest absolute Gasteiger partial charge is 0.227 e. The molecule has 0 saturated carbocycles. The van der Waals surface area contributed by atoms with Gasteiger partial charge in [-0.15, -0.1) is 0 Å². The summed E-state index contributed by atoms with van der Waals surface area (Å²) in [5, 5.41) is 10.8. The summed E-state index contributed by atoms with van der Waals surface area (Å²) in [6, 6.07) is 5.99. The molecule has 4 aromatic rings. The summed E-state index contributed by atoms with van der Waals surface area (Å²) in [5.74, 6) is 1.32. The minimum atomic E-state index is 0.567. The van der Waals surface area contributed by atoms with E-state index in [1.54, 1.807) is 23.9 Å². The quantitative estimate of drug-likeness (QED) is 0.520. The van der Waals surface area contributed by atoms with Crippen molar-refractivity contribution in [3.63, 3.8) is 0 Å². The van der Waals surface area contributed by atoms with Crippen molar-refractivity contribution in [2.24, 2.45) is 0 Å². The third-order valence-electron chi connectivity index (χ3n) is 3.90. The van der Waals surface area contributed by atoms with Crippen LogP contribution in [0.2, 0.25) is 0 Å². The first-order chi connectivity index (χ1) is 12.8. The number of hydrogen-bond donors (Lipinski definition) is 2. The molecule has 0 aliphatic carbocycles. The highest BCUT2D eigenvalue weighted by molar-refractivity contribution is 7.08. The fourth-order valence-corrected chi connectivity index (χ4v) is 3.24. The Morgan fingerprint density at radius 3 is 2.92 bits per heavy atom. The van der Waals surface area contributed by atoms with Crippen LogP contribution in [0.1, 0.15) is 18.9 Å². The molecule has 132 valence electrons. The van der Waals surface area contributed by atoms with Gasteiger partial charge in [0, 0.05) is 30.9 Å². The number of thiophene rings is 1. The van der Waals surface area contributed by atoms with E-state index in [1.165, 1.54) is 0 Å². The van der Waals surface area contributed by atoms with Crippen LogP contribution in [-0.4, -0.2) is 31.0 Å². The number of aromatic nitrogens is 5. The summed E-state index contributed by atoms with van der Waals surface area (Å²) in [7, 11) is 0. The lowest BCUT2D eigenvalue weighted by atomic mass is 10.3. The van der Waals surface area contributed by atoms with Crippen LogP contribution in [0, 0.1) is 0 Å². The minimum Gasteiger partial charge on any atom is -0.368 e. The summed E-state index contributed by atoms with van der Waals surface area (Å²) in [5.41, 5.74) is 3.68. The van der Waals surface area contributed by atoms with E-state index in [0.717, 1.165) is 41.2 Å². The molecule has 0 spiro atoms. The van der Waals surface area contributed by atoms with E-state index in [4.69, 9.17) is 4.98 Å². The number of fused-ring (bicyclic) bond motifs is 1. The zero-order valence-electron chi connectivity index (χ0n) is 14.4. The van der Waals surface area contributed by atoms with Crippen LogP contribution in [0.3, 0.4) is 0 Å².